The lowest BCUT2D eigenvalue weighted by Gasteiger charge is -2.06. The van der Waals surface area contributed by atoms with Crippen molar-refractivity contribution in [3.8, 4) is 0 Å². The molecule has 2 aromatic rings. The first-order valence-corrected chi connectivity index (χ1v) is 8.39. The highest BCUT2D eigenvalue weighted by Gasteiger charge is 2.02. The summed E-state index contributed by atoms with van der Waals surface area (Å²) in [5.41, 5.74) is 2.37. The van der Waals surface area contributed by atoms with Crippen LogP contribution >= 0.6 is 11.8 Å². The van der Waals surface area contributed by atoms with Crippen LogP contribution in [-0.2, 0) is 0 Å². The molecule has 20 heavy (non-hydrogen) atoms. The number of unbranched alkanes of at least 4 members (excludes halogenated alkanes) is 3. The Hall–Kier alpha value is -0.955. The minimum atomic E-state index is 0.463. The van der Waals surface area contributed by atoms with Crippen molar-refractivity contribution < 1.29 is 1.37 Å². The summed E-state index contributed by atoms with van der Waals surface area (Å²) >= 11 is 1.95. The van der Waals surface area contributed by atoms with Gasteiger partial charge in [0, 0.05) is 17.8 Å². The van der Waals surface area contributed by atoms with Gasteiger partial charge in [0.25, 0.3) is 0 Å². The minimum Gasteiger partial charge on any atom is -0.256 e. The van der Waals surface area contributed by atoms with Crippen molar-refractivity contribution in [3.63, 3.8) is 0 Å². The summed E-state index contributed by atoms with van der Waals surface area (Å²) in [5.74, 6) is 1.18. The first-order valence-electron chi connectivity index (χ1n) is 8.11. The molecule has 0 bridgehead atoms. The van der Waals surface area contributed by atoms with E-state index in [1.807, 2.05) is 18.0 Å². The highest BCUT2D eigenvalue weighted by molar-refractivity contribution is 7.99. The lowest BCUT2D eigenvalue weighted by Crippen LogP contribution is -1.87. The van der Waals surface area contributed by atoms with Crippen molar-refractivity contribution in [1.82, 2.24) is 4.98 Å². The van der Waals surface area contributed by atoms with Gasteiger partial charge < -0.3 is 0 Å². The Bertz CT molecular complexity index is 561. The number of rotatable bonds is 8. The Morgan fingerprint density at radius 1 is 1.20 bits per heavy atom. The van der Waals surface area contributed by atoms with Gasteiger partial charge in [-0.25, -0.2) is 0 Å². The van der Waals surface area contributed by atoms with Crippen LogP contribution in [0.5, 0.6) is 0 Å². The fourth-order valence-corrected chi connectivity index (χ4v) is 3.34. The third-order valence-corrected chi connectivity index (χ3v) is 4.58. The molecule has 105 valence electrons. The van der Waals surface area contributed by atoms with Gasteiger partial charge in [0.1, 0.15) is 7.28 Å². The van der Waals surface area contributed by atoms with E-state index in [2.05, 4.69) is 43.5 Å². The fourth-order valence-electron chi connectivity index (χ4n) is 2.28. The Morgan fingerprint density at radius 3 is 3.00 bits per heavy atom. The van der Waals surface area contributed by atoms with Crippen LogP contribution in [0.15, 0.2) is 35.4 Å². The Balaban J connectivity index is 1.76. The number of hydrogen-bond acceptors (Lipinski definition) is 2. The average molecular weight is 285 g/mol. The molecule has 2 rings (SSSR count). The largest absolute Gasteiger partial charge is 0.256 e. The zero-order valence-electron chi connectivity index (χ0n) is 13.3. The summed E-state index contributed by atoms with van der Waals surface area (Å²) in [6, 6.07) is 8.64. The molecule has 3 heteroatoms. The SMILES string of the molecule is [2H]C[B]CCCCCCSc1ccnc2cc(C)ccc12. The molecule has 0 aliphatic carbocycles. The van der Waals surface area contributed by atoms with E-state index in [1.165, 1.54) is 47.3 Å². The summed E-state index contributed by atoms with van der Waals surface area (Å²) in [4.78, 5) is 5.81. The number of aryl methyl sites for hydroxylation is 1. The van der Waals surface area contributed by atoms with E-state index in [-0.39, 0.29) is 0 Å². The van der Waals surface area contributed by atoms with Gasteiger partial charge in [0.2, 0.25) is 0 Å². The number of thioether (sulfide) groups is 1. The molecule has 1 radical (unpaired) electrons. The maximum absolute atomic E-state index is 7.06. The molecule has 1 aromatic carbocycles. The topological polar surface area (TPSA) is 12.9 Å². The van der Waals surface area contributed by atoms with E-state index in [4.69, 9.17) is 1.37 Å². The van der Waals surface area contributed by atoms with Gasteiger partial charge in [0.05, 0.1) is 5.52 Å². The molecular formula is C17H23BNS. The zero-order chi connectivity index (χ0) is 14.9. The predicted octanol–water partition coefficient (Wildman–Crippen LogP) is 5.37. The second-order valence-corrected chi connectivity index (χ2v) is 6.31. The first-order chi connectivity index (χ1) is 10.3. The van der Waals surface area contributed by atoms with Gasteiger partial charge in [-0.2, -0.15) is 0 Å². The van der Waals surface area contributed by atoms with Gasteiger partial charge >= 0.3 is 0 Å². The Morgan fingerprint density at radius 2 is 2.10 bits per heavy atom. The quantitative estimate of drug-likeness (QED) is 0.367. The second-order valence-electron chi connectivity index (χ2n) is 5.17. The van der Waals surface area contributed by atoms with Crippen molar-refractivity contribution in [2.24, 2.45) is 0 Å². The van der Waals surface area contributed by atoms with Crippen molar-refractivity contribution in [2.45, 2.75) is 50.6 Å². The molecule has 1 aromatic heterocycles. The number of fused-ring (bicyclic) bond motifs is 1. The molecule has 0 N–H and O–H groups in total. The van der Waals surface area contributed by atoms with Gasteiger partial charge in [-0.1, -0.05) is 44.5 Å². The summed E-state index contributed by atoms with van der Waals surface area (Å²) in [6.45, 7) is 2.57. The van der Waals surface area contributed by atoms with Gasteiger partial charge in [0.15, 0.2) is 0 Å². The lowest BCUT2D eigenvalue weighted by atomic mass is 9.76. The van der Waals surface area contributed by atoms with Crippen LogP contribution in [0.25, 0.3) is 10.9 Å². The minimum absolute atomic E-state index is 0.463. The van der Waals surface area contributed by atoms with E-state index in [0.29, 0.717) is 6.80 Å². The smallest absolute Gasteiger partial charge is 0.105 e. The summed E-state index contributed by atoms with van der Waals surface area (Å²) in [7, 11) is 2.06. The van der Waals surface area contributed by atoms with E-state index in [1.54, 1.807) is 0 Å². The van der Waals surface area contributed by atoms with E-state index < -0.39 is 0 Å². The molecule has 0 unspecified atom stereocenters. The first kappa shape index (κ1) is 14.0. The molecule has 1 heterocycles. The van der Waals surface area contributed by atoms with Crippen LogP contribution < -0.4 is 0 Å². The molecular weight excluding hydrogens is 261 g/mol. The van der Waals surface area contributed by atoms with Crippen molar-refractivity contribution >= 4 is 29.9 Å². The summed E-state index contributed by atoms with van der Waals surface area (Å²) in [6.07, 6.45) is 8.10. The molecule has 0 fully saturated rings. The van der Waals surface area contributed by atoms with E-state index in [9.17, 15) is 0 Å². The second kappa shape index (κ2) is 8.36. The zero-order valence-corrected chi connectivity index (χ0v) is 13.1. The third kappa shape index (κ3) is 4.55. The highest BCUT2D eigenvalue weighted by atomic mass is 32.2. The predicted molar refractivity (Wildman–Crippen MR) is 92.1 cm³/mol. The standard InChI is InChI=1S/C17H23BNS/c1-14-7-8-15-16(13-14)19-11-9-17(15)20-12-6-4-3-5-10-18-2/h7-9,11,13H,3-6,10,12H2,1-2H3/i2D. The molecule has 0 aliphatic rings. The summed E-state index contributed by atoms with van der Waals surface area (Å²) in [5, 5.41) is 1.28. The molecule has 0 aliphatic heterocycles. The van der Waals surface area contributed by atoms with Gasteiger partial charge in [-0.3, -0.25) is 4.98 Å². The Labute approximate surface area is 129 Å². The monoisotopic (exact) mass is 285 g/mol. The van der Waals surface area contributed by atoms with Crippen molar-refractivity contribution in [2.75, 3.05) is 5.75 Å². The van der Waals surface area contributed by atoms with Crippen LogP contribution in [-0.4, -0.2) is 18.0 Å². The van der Waals surface area contributed by atoms with Gasteiger partial charge in [-0.15, -0.1) is 11.8 Å². The van der Waals surface area contributed by atoms with Crippen LogP contribution in [0.1, 0.15) is 32.6 Å². The van der Waals surface area contributed by atoms with Crippen molar-refractivity contribution in [3.05, 3.63) is 36.0 Å². The number of aromatic nitrogens is 1. The molecule has 1 nitrogen and oxygen atoms in total. The highest BCUT2D eigenvalue weighted by Crippen LogP contribution is 2.28. The lowest BCUT2D eigenvalue weighted by molar-refractivity contribution is 0.705. The number of nitrogens with zero attached hydrogens (tertiary/aromatic N) is 1. The van der Waals surface area contributed by atoms with Crippen LogP contribution in [0, 0.1) is 6.92 Å². The van der Waals surface area contributed by atoms with Crippen LogP contribution in [0.3, 0.4) is 0 Å². The van der Waals surface area contributed by atoms with Gasteiger partial charge in [-0.05, 0) is 36.8 Å². The van der Waals surface area contributed by atoms with E-state index >= 15 is 0 Å². The summed E-state index contributed by atoms with van der Waals surface area (Å²) < 4.78 is 7.06. The third-order valence-electron chi connectivity index (χ3n) is 3.42. The maximum Gasteiger partial charge on any atom is 0.105 e. The number of pyridine rings is 1. The maximum atomic E-state index is 7.06. The molecule has 0 amide bonds. The van der Waals surface area contributed by atoms with Crippen LogP contribution in [0.4, 0.5) is 0 Å². The normalized spacial score (nSPS) is 11.6. The molecule has 0 saturated carbocycles. The van der Waals surface area contributed by atoms with E-state index in [0.717, 1.165) is 11.8 Å². The van der Waals surface area contributed by atoms with Crippen LogP contribution in [0.2, 0.25) is 13.1 Å². The molecule has 0 spiro atoms. The number of hydrogen-bond donors (Lipinski definition) is 0. The molecule has 0 atom stereocenters. The number of benzene rings is 1. The molecule has 0 saturated heterocycles. The average Bonchev–Trinajstić information content (AvgIpc) is 2.49. The van der Waals surface area contributed by atoms with Crippen molar-refractivity contribution in [1.29, 1.82) is 0 Å². The fraction of sp³-hybridized carbons (Fsp3) is 0.471. The Kier molecular flexibility index (Phi) is 5.85.